The van der Waals surface area contributed by atoms with Gasteiger partial charge in [-0.05, 0) is 37.6 Å². The summed E-state index contributed by atoms with van der Waals surface area (Å²) < 4.78 is 18.4. The van der Waals surface area contributed by atoms with Crippen LogP contribution in [0.5, 0.6) is 17.2 Å². The Hall–Kier alpha value is -3.20. The third-order valence-corrected chi connectivity index (χ3v) is 5.66. The molecule has 0 aliphatic heterocycles. The summed E-state index contributed by atoms with van der Waals surface area (Å²) in [6, 6.07) is 13.0. The first-order chi connectivity index (χ1) is 14.9. The van der Waals surface area contributed by atoms with Gasteiger partial charge in [-0.3, -0.25) is 4.79 Å². The van der Waals surface area contributed by atoms with E-state index in [1.165, 1.54) is 11.8 Å². The molecule has 0 bridgehead atoms. The van der Waals surface area contributed by atoms with E-state index in [0.29, 0.717) is 28.2 Å². The average molecular weight is 443 g/mol. The summed E-state index contributed by atoms with van der Waals surface area (Å²) in [5.41, 5.74) is 1.63. The Morgan fingerprint density at radius 3 is 2.61 bits per heavy atom. The van der Waals surface area contributed by atoms with Crippen LogP contribution in [0.2, 0.25) is 0 Å². The van der Waals surface area contributed by atoms with Crippen molar-refractivity contribution in [2.45, 2.75) is 25.1 Å². The molecule has 0 aliphatic carbocycles. The number of nitrogens with zero attached hydrogens (tertiary/aromatic N) is 3. The Balaban J connectivity index is 1.61. The van der Waals surface area contributed by atoms with Crippen molar-refractivity contribution in [2.24, 2.45) is 7.05 Å². The number of carbonyl (C=O) groups excluding carboxylic acids is 1. The molecule has 0 radical (unpaired) electrons. The predicted molar refractivity (Wildman–Crippen MR) is 120 cm³/mol. The number of ether oxygens (including phenoxy) is 3. The Labute approximate surface area is 185 Å². The number of carbonyl (C=O) groups is 1. The number of aryl methyl sites for hydroxylation is 1. The van der Waals surface area contributed by atoms with E-state index >= 15 is 0 Å². The molecule has 1 N–H and O–H groups in total. The summed E-state index contributed by atoms with van der Waals surface area (Å²) in [6.07, 6.45) is -0.287. The van der Waals surface area contributed by atoms with E-state index < -0.39 is 0 Å². The van der Waals surface area contributed by atoms with E-state index in [4.69, 9.17) is 14.2 Å². The van der Waals surface area contributed by atoms with E-state index in [0.717, 1.165) is 11.3 Å². The predicted octanol–water partition coefficient (Wildman–Crippen LogP) is 4.01. The van der Waals surface area contributed by atoms with Crippen molar-refractivity contribution in [1.82, 2.24) is 14.8 Å². The van der Waals surface area contributed by atoms with Crippen molar-refractivity contribution >= 4 is 23.4 Å². The van der Waals surface area contributed by atoms with Gasteiger partial charge >= 0.3 is 0 Å². The van der Waals surface area contributed by atoms with Crippen LogP contribution >= 0.6 is 11.8 Å². The second-order valence-electron chi connectivity index (χ2n) is 6.83. The Morgan fingerprint density at radius 1 is 1.13 bits per heavy atom. The fourth-order valence-electron chi connectivity index (χ4n) is 2.96. The van der Waals surface area contributed by atoms with E-state index in [2.05, 4.69) is 15.5 Å². The van der Waals surface area contributed by atoms with E-state index in [9.17, 15) is 4.79 Å². The van der Waals surface area contributed by atoms with Gasteiger partial charge in [-0.2, -0.15) is 0 Å². The van der Waals surface area contributed by atoms with Gasteiger partial charge in [-0.25, -0.2) is 0 Å². The fraction of sp³-hybridized carbons (Fsp3) is 0.318. The van der Waals surface area contributed by atoms with Gasteiger partial charge in [0.25, 0.3) is 0 Å². The number of benzene rings is 2. The zero-order valence-electron chi connectivity index (χ0n) is 18.2. The summed E-state index contributed by atoms with van der Waals surface area (Å²) in [7, 11) is 4.98. The summed E-state index contributed by atoms with van der Waals surface area (Å²) >= 11 is 1.30. The molecule has 9 heteroatoms. The maximum atomic E-state index is 12.4. The summed E-state index contributed by atoms with van der Waals surface area (Å²) in [5.74, 6) is 2.66. The Kier molecular flexibility index (Phi) is 7.41. The second-order valence-corrected chi connectivity index (χ2v) is 7.77. The van der Waals surface area contributed by atoms with Crippen LogP contribution in [-0.4, -0.2) is 40.6 Å². The van der Waals surface area contributed by atoms with Crippen LogP contribution < -0.4 is 19.5 Å². The molecule has 1 heterocycles. The number of aromatic nitrogens is 3. The van der Waals surface area contributed by atoms with Crippen LogP contribution in [0.1, 0.15) is 24.4 Å². The lowest BCUT2D eigenvalue weighted by molar-refractivity contribution is -0.113. The van der Waals surface area contributed by atoms with Crippen LogP contribution in [0, 0.1) is 6.92 Å². The number of nitrogens with one attached hydrogen (secondary N) is 1. The first-order valence-electron chi connectivity index (χ1n) is 9.69. The van der Waals surface area contributed by atoms with Gasteiger partial charge in [-0.1, -0.05) is 30.0 Å². The molecule has 1 unspecified atom stereocenters. The molecular weight excluding hydrogens is 416 g/mol. The standard InChI is InChI=1S/C22H26N4O4S/c1-14-8-6-7-9-18(14)30-15(2)21-24-25-22(26(21)3)31-13-20(27)23-17-11-10-16(28-4)12-19(17)29-5/h6-12,15H,13H2,1-5H3,(H,23,27). The van der Waals surface area contributed by atoms with Gasteiger partial charge in [0.2, 0.25) is 5.91 Å². The molecule has 31 heavy (non-hydrogen) atoms. The minimum atomic E-state index is -0.287. The molecule has 3 aromatic rings. The number of amides is 1. The largest absolute Gasteiger partial charge is 0.497 e. The van der Waals surface area contributed by atoms with Crippen molar-refractivity contribution in [3.05, 3.63) is 53.9 Å². The van der Waals surface area contributed by atoms with Gasteiger partial charge in [-0.15, -0.1) is 10.2 Å². The van der Waals surface area contributed by atoms with Crippen molar-refractivity contribution in [1.29, 1.82) is 0 Å². The van der Waals surface area contributed by atoms with Crippen LogP contribution in [0.15, 0.2) is 47.6 Å². The number of methoxy groups -OCH3 is 2. The third-order valence-electron chi connectivity index (χ3n) is 4.64. The second kappa shape index (κ2) is 10.2. The van der Waals surface area contributed by atoms with Crippen LogP contribution in [0.4, 0.5) is 5.69 Å². The lowest BCUT2D eigenvalue weighted by atomic mass is 10.2. The number of thioether (sulfide) groups is 1. The van der Waals surface area contributed by atoms with Crippen LogP contribution in [-0.2, 0) is 11.8 Å². The molecule has 0 saturated carbocycles. The van der Waals surface area contributed by atoms with Crippen molar-refractivity contribution in [2.75, 3.05) is 25.3 Å². The topological polar surface area (TPSA) is 87.5 Å². The molecule has 1 amide bonds. The highest BCUT2D eigenvalue weighted by Crippen LogP contribution is 2.30. The highest BCUT2D eigenvalue weighted by atomic mass is 32.2. The molecule has 0 saturated heterocycles. The first kappa shape index (κ1) is 22.5. The highest BCUT2D eigenvalue weighted by molar-refractivity contribution is 7.99. The quantitative estimate of drug-likeness (QED) is 0.501. The monoisotopic (exact) mass is 442 g/mol. The minimum Gasteiger partial charge on any atom is -0.497 e. The van der Waals surface area contributed by atoms with Crippen molar-refractivity contribution < 1.29 is 19.0 Å². The van der Waals surface area contributed by atoms with Crippen LogP contribution in [0.3, 0.4) is 0 Å². The fourth-order valence-corrected chi connectivity index (χ4v) is 3.67. The maximum absolute atomic E-state index is 12.4. The zero-order valence-corrected chi connectivity index (χ0v) is 19.0. The molecule has 0 spiro atoms. The lowest BCUT2D eigenvalue weighted by Crippen LogP contribution is -2.15. The van der Waals surface area contributed by atoms with Crippen molar-refractivity contribution in [3.63, 3.8) is 0 Å². The Bertz CT molecular complexity index is 1050. The van der Waals surface area contributed by atoms with Gasteiger partial charge in [0, 0.05) is 13.1 Å². The maximum Gasteiger partial charge on any atom is 0.234 e. The first-order valence-corrected chi connectivity index (χ1v) is 10.7. The summed E-state index contributed by atoms with van der Waals surface area (Å²) in [5, 5.41) is 11.9. The smallest absolute Gasteiger partial charge is 0.234 e. The number of hydrogen-bond donors (Lipinski definition) is 1. The SMILES string of the molecule is COc1ccc(NC(=O)CSc2nnc(C(C)Oc3ccccc3C)n2C)c(OC)c1. The zero-order chi connectivity index (χ0) is 22.4. The van der Waals surface area contributed by atoms with Crippen molar-refractivity contribution in [3.8, 4) is 17.2 Å². The average Bonchev–Trinajstić information content (AvgIpc) is 3.14. The van der Waals surface area contributed by atoms with E-state index in [1.807, 2.05) is 49.7 Å². The molecule has 2 aromatic carbocycles. The van der Waals surface area contributed by atoms with E-state index in [1.54, 1.807) is 32.4 Å². The minimum absolute atomic E-state index is 0.175. The molecule has 1 aromatic heterocycles. The molecule has 3 rings (SSSR count). The number of para-hydroxylation sites is 1. The molecule has 8 nitrogen and oxygen atoms in total. The molecule has 164 valence electrons. The third kappa shape index (κ3) is 5.49. The molecule has 1 atom stereocenters. The normalized spacial score (nSPS) is 11.6. The van der Waals surface area contributed by atoms with Gasteiger partial charge in [0.15, 0.2) is 17.1 Å². The number of hydrogen-bond acceptors (Lipinski definition) is 7. The van der Waals surface area contributed by atoms with Crippen LogP contribution in [0.25, 0.3) is 0 Å². The summed E-state index contributed by atoms with van der Waals surface area (Å²) in [4.78, 5) is 12.4. The molecule has 0 fully saturated rings. The number of rotatable bonds is 9. The Morgan fingerprint density at radius 2 is 1.90 bits per heavy atom. The van der Waals surface area contributed by atoms with Gasteiger partial charge in [0.1, 0.15) is 17.2 Å². The highest BCUT2D eigenvalue weighted by Gasteiger charge is 2.19. The number of anilines is 1. The molecular formula is C22H26N4O4S. The van der Waals surface area contributed by atoms with E-state index in [-0.39, 0.29) is 17.8 Å². The lowest BCUT2D eigenvalue weighted by Gasteiger charge is -2.15. The van der Waals surface area contributed by atoms with Gasteiger partial charge < -0.3 is 24.1 Å². The molecule has 0 aliphatic rings. The summed E-state index contributed by atoms with van der Waals surface area (Å²) in [6.45, 7) is 3.92. The van der Waals surface area contributed by atoms with Gasteiger partial charge in [0.05, 0.1) is 25.7 Å².